The standard InChI is InChI=1S/C49H32N2O3/c1-2-3-16-43-41-30-52-46-29-34(28-39-37-14-9-19-45(54-43)48(37)51(41)49(39)46)33-22-26-36(27-23-33)50(35-24-20-32(21-25-35)31-11-5-4-6-12-31)40-15-10-18-44-47(40)38-13-7-8-17-42(38)53-44/h2-29H,1,30H2/b16-3-. The van der Waals surface area contributed by atoms with Crippen LogP contribution in [0.25, 0.3) is 71.7 Å². The molecule has 9 aromatic rings. The number of hydrogen-bond acceptors (Lipinski definition) is 4. The molecule has 0 aliphatic carbocycles. The maximum Gasteiger partial charge on any atom is 0.152 e. The summed E-state index contributed by atoms with van der Waals surface area (Å²) in [6, 6.07) is 53.4. The Kier molecular flexibility index (Phi) is 6.70. The predicted octanol–water partition coefficient (Wildman–Crippen LogP) is 13.2. The van der Waals surface area contributed by atoms with Crippen LogP contribution in [0.1, 0.15) is 0 Å². The normalized spacial score (nSPS) is 13.3. The van der Waals surface area contributed by atoms with Gasteiger partial charge in [0.05, 0.1) is 22.1 Å². The van der Waals surface area contributed by atoms with E-state index in [1.807, 2.05) is 42.5 Å². The maximum absolute atomic E-state index is 6.48. The number of hydrogen-bond donors (Lipinski definition) is 0. The van der Waals surface area contributed by atoms with Gasteiger partial charge in [0, 0.05) is 27.5 Å². The lowest BCUT2D eigenvalue weighted by molar-refractivity contribution is 0.346. The van der Waals surface area contributed by atoms with E-state index in [9.17, 15) is 0 Å². The lowest BCUT2D eigenvalue weighted by atomic mass is 10.0. The maximum atomic E-state index is 6.48. The topological polar surface area (TPSA) is 39.8 Å². The zero-order chi connectivity index (χ0) is 35.8. The first-order valence-electron chi connectivity index (χ1n) is 18.1. The van der Waals surface area contributed by atoms with Crippen molar-refractivity contribution in [3.8, 4) is 33.8 Å². The molecule has 0 amide bonds. The Morgan fingerprint density at radius 3 is 2.04 bits per heavy atom. The van der Waals surface area contributed by atoms with Crippen LogP contribution in [-0.2, 0) is 0 Å². The van der Waals surface area contributed by atoms with Gasteiger partial charge in [0.15, 0.2) is 11.5 Å². The highest BCUT2D eigenvalue weighted by molar-refractivity contribution is 6.16. The van der Waals surface area contributed by atoms with E-state index in [1.165, 1.54) is 11.1 Å². The number of fused-ring (bicyclic) bond motifs is 4. The average molecular weight is 697 g/mol. The molecule has 256 valence electrons. The number of anilines is 3. The minimum atomic E-state index is 0.408. The van der Waals surface area contributed by atoms with E-state index in [4.69, 9.17) is 13.9 Å². The molecule has 2 aliphatic heterocycles. The van der Waals surface area contributed by atoms with Gasteiger partial charge in [0.1, 0.15) is 29.2 Å². The van der Waals surface area contributed by atoms with Gasteiger partial charge in [-0.2, -0.15) is 0 Å². The average Bonchev–Trinajstić information content (AvgIpc) is 3.79. The molecule has 0 atom stereocenters. The second-order valence-corrected chi connectivity index (χ2v) is 13.7. The molecule has 5 nitrogen and oxygen atoms in total. The Hall–Kier alpha value is -7.24. The zero-order valence-electron chi connectivity index (χ0n) is 29.2. The first-order valence-corrected chi connectivity index (χ1v) is 18.1. The van der Waals surface area contributed by atoms with Crippen molar-refractivity contribution in [2.24, 2.45) is 0 Å². The third-order valence-corrected chi connectivity index (χ3v) is 10.6. The number of para-hydroxylation sites is 2. The number of aromatic nitrogens is 1. The first kappa shape index (κ1) is 30.4. The summed E-state index contributed by atoms with van der Waals surface area (Å²) in [6.45, 7) is 4.25. The molecule has 0 spiro atoms. The molecule has 0 fully saturated rings. The summed E-state index contributed by atoms with van der Waals surface area (Å²) in [5, 5.41) is 4.45. The summed E-state index contributed by atoms with van der Waals surface area (Å²) in [4.78, 5) is 2.33. The SMILES string of the molecule is C=C/C=C\C1=C2COc3cc(-c4ccc(N(c5ccc(-c6ccccc6)cc5)c5cccc6oc7ccccc7c56)cc4)cc4c5cccc(c5n2c34)O1. The fourth-order valence-electron chi connectivity index (χ4n) is 8.22. The van der Waals surface area contributed by atoms with E-state index in [0.29, 0.717) is 6.61 Å². The summed E-state index contributed by atoms with van der Waals surface area (Å²) < 4.78 is 21.5. The van der Waals surface area contributed by atoms with E-state index < -0.39 is 0 Å². The molecule has 0 saturated heterocycles. The molecule has 54 heavy (non-hydrogen) atoms. The number of rotatable bonds is 7. The van der Waals surface area contributed by atoms with Crippen LogP contribution in [0, 0.1) is 0 Å². The Balaban J connectivity index is 1.05. The highest BCUT2D eigenvalue weighted by atomic mass is 16.5. The molecular weight excluding hydrogens is 665 g/mol. The summed E-state index contributed by atoms with van der Waals surface area (Å²) in [6.07, 6.45) is 5.61. The van der Waals surface area contributed by atoms with E-state index in [-0.39, 0.29) is 0 Å². The fourth-order valence-corrected chi connectivity index (χ4v) is 8.22. The summed E-state index contributed by atoms with van der Waals surface area (Å²) in [5.41, 5.74) is 12.6. The summed E-state index contributed by atoms with van der Waals surface area (Å²) >= 11 is 0. The Morgan fingerprint density at radius 1 is 0.574 bits per heavy atom. The smallest absolute Gasteiger partial charge is 0.152 e. The molecule has 5 heteroatoms. The molecule has 2 aliphatic rings. The zero-order valence-corrected chi connectivity index (χ0v) is 29.2. The van der Waals surface area contributed by atoms with Crippen LogP contribution < -0.4 is 14.4 Å². The van der Waals surface area contributed by atoms with Crippen LogP contribution in [-0.4, -0.2) is 11.2 Å². The third kappa shape index (κ3) is 4.58. The molecule has 0 unspecified atom stereocenters. The van der Waals surface area contributed by atoms with Crippen molar-refractivity contribution in [3.63, 3.8) is 0 Å². The largest absolute Gasteiger partial charge is 0.485 e. The number of benzene rings is 7. The Bertz CT molecular complexity index is 3020. The van der Waals surface area contributed by atoms with E-state index in [0.717, 1.165) is 94.9 Å². The number of allylic oxidation sites excluding steroid dienone is 3. The van der Waals surface area contributed by atoms with Crippen molar-refractivity contribution in [2.75, 3.05) is 11.5 Å². The van der Waals surface area contributed by atoms with Crippen LogP contribution in [0.2, 0.25) is 0 Å². The van der Waals surface area contributed by atoms with E-state index in [1.54, 1.807) is 6.08 Å². The van der Waals surface area contributed by atoms with Crippen LogP contribution in [0.3, 0.4) is 0 Å². The second-order valence-electron chi connectivity index (χ2n) is 13.7. The molecule has 0 bridgehead atoms. The summed E-state index contributed by atoms with van der Waals surface area (Å²) in [5.74, 6) is 2.48. The van der Waals surface area contributed by atoms with Crippen molar-refractivity contribution in [1.82, 2.24) is 4.57 Å². The van der Waals surface area contributed by atoms with Crippen molar-refractivity contribution in [3.05, 3.63) is 182 Å². The molecular formula is C49H32N2O3. The molecule has 7 aromatic carbocycles. The van der Waals surface area contributed by atoms with Gasteiger partial charge < -0.3 is 18.8 Å². The van der Waals surface area contributed by atoms with E-state index in [2.05, 4.69) is 137 Å². The molecule has 2 aromatic heterocycles. The van der Waals surface area contributed by atoms with Gasteiger partial charge in [-0.1, -0.05) is 110 Å². The van der Waals surface area contributed by atoms with Crippen LogP contribution in [0.15, 0.2) is 187 Å². The fraction of sp³-hybridized carbons (Fsp3) is 0.0204. The van der Waals surface area contributed by atoms with Crippen molar-refractivity contribution in [2.45, 2.75) is 0 Å². The molecule has 4 heterocycles. The molecule has 0 N–H and O–H groups in total. The summed E-state index contributed by atoms with van der Waals surface area (Å²) in [7, 11) is 0. The van der Waals surface area contributed by atoms with Gasteiger partial charge in [-0.3, -0.25) is 4.57 Å². The minimum absolute atomic E-state index is 0.408. The van der Waals surface area contributed by atoms with Gasteiger partial charge in [-0.05, 0) is 89.0 Å². The van der Waals surface area contributed by atoms with Gasteiger partial charge >= 0.3 is 0 Å². The lowest BCUT2D eigenvalue weighted by Crippen LogP contribution is -2.19. The molecule has 0 radical (unpaired) electrons. The second kappa shape index (κ2) is 11.9. The Labute approximate surface area is 311 Å². The number of nitrogens with zero attached hydrogens (tertiary/aromatic N) is 2. The van der Waals surface area contributed by atoms with Crippen LogP contribution in [0.5, 0.6) is 11.5 Å². The Morgan fingerprint density at radius 2 is 1.24 bits per heavy atom. The van der Waals surface area contributed by atoms with Crippen molar-refractivity contribution in [1.29, 1.82) is 0 Å². The highest BCUT2D eigenvalue weighted by Gasteiger charge is 2.30. The molecule has 11 rings (SSSR count). The van der Waals surface area contributed by atoms with Gasteiger partial charge in [0.25, 0.3) is 0 Å². The van der Waals surface area contributed by atoms with Gasteiger partial charge in [-0.15, -0.1) is 0 Å². The first-order chi connectivity index (χ1) is 26.7. The monoisotopic (exact) mass is 696 g/mol. The minimum Gasteiger partial charge on any atom is -0.485 e. The van der Waals surface area contributed by atoms with Crippen molar-refractivity contribution >= 4 is 66.5 Å². The number of ether oxygens (including phenoxy) is 2. The predicted molar refractivity (Wildman–Crippen MR) is 221 cm³/mol. The lowest BCUT2D eigenvalue weighted by Gasteiger charge is -2.27. The van der Waals surface area contributed by atoms with Crippen LogP contribution in [0.4, 0.5) is 17.1 Å². The highest BCUT2D eigenvalue weighted by Crippen LogP contribution is 2.49. The van der Waals surface area contributed by atoms with Crippen molar-refractivity contribution < 1.29 is 13.9 Å². The number of furan rings is 1. The molecule has 0 saturated carbocycles. The quantitative estimate of drug-likeness (QED) is 0.156. The van der Waals surface area contributed by atoms with Gasteiger partial charge in [-0.25, -0.2) is 0 Å². The third-order valence-electron chi connectivity index (χ3n) is 10.6. The van der Waals surface area contributed by atoms with Crippen LogP contribution >= 0.6 is 0 Å². The van der Waals surface area contributed by atoms with E-state index >= 15 is 0 Å². The van der Waals surface area contributed by atoms with Gasteiger partial charge in [0.2, 0.25) is 0 Å².